The molecule has 0 fully saturated rings. The van der Waals surface area contributed by atoms with Gasteiger partial charge < -0.3 is 4.90 Å². The average Bonchev–Trinajstić information content (AvgIpc) is 2.87. The fourth-order valence-electron chi connectivity index (χ4n) is 1.73. The number of hydrogen-bond acceptors (Lipinski definition) is 3. The van der Waals surface area contributed by atoms with Gasteiger partial charge in [-0.3, -0.25) is 0 Å². The normalized spacial score (nSPS) is 11.1. The van der Waals surface area contributed by atoms with E-state index >= 15 is 0 Å². The highest BCUT2D eigenvalue weighted by molar-refractivity contribution is 7.13. The van der Waals surface area contributed by atoms with Gasteiger partial charge in [-0.1, -0.05) is 25.1 Å². The van der Waals surface area contributed by atoms with Crippen LogP contribution in [0.4, 0.5) is 0 Å². The number of alkyl halides is 1. The van der Waals surface area contributed by atoms with Crippen LogP contribution in [0.25, 0.3) is 10.6 Å². The molecule has 2 nitrogen and oxygen atoms in total. The zero-order chi connectivity index (χ0) is 13.0. The zero-order valence-corrected chi connectivity index (χ0v) is 12.3. The van der Waals surface area contributed by atoms with Crippen molar-refractivity contribution in [3.8, 4) is 10.6 Å². The van der Waals surface area contributed by atoms with Crippen molar-refractivity contribution in [2.75, 3.05) is 13.6 Å². The lowest BCUT2D eigenvalue weighted by Gasteiger charge is -2.14. The third-order valence-corrected chi connectivity index (χ3v) is 4.07. The van der Waals surface area contributed by atoms with E-state index < -0.39 is 0 Å². The van der Waals surface area contributed by atoms with Crippen LogP contribution in [0.1, 0.15) is 18.2 Å². The van der Waals surface area contributed by atoms with Crippen molar-refractivity contribution in [3.05, 3.63) is 40.9 Å². The third-order valence-electron chi connectivity index (χ3n) is 2.85. The van der Waals surface area contributed by atoms with Crippen LogP contribution in [0.15, 0.2) is 29.6 Å². The molecule has 1 heterocycles. The lowest BCUT2D eigenvalue weighted by atomic mass is 10.1. The van der Waals surface area contributed by atoms with Gasteiger partial charge in [0.1, 0.15) is 5.01 Å². The molecule has 96 valence electrons. The van der Waals surface area contributed by atoms with Crippen molar-refractivity contribution in [3.63, 3.8) is 0 Å². The van der Waals surface area contributed by atoms with Crippen LogP contribution in [-0.4, -0.2) is 23.5 Å². The quantitative estimate of drug-likeness (QED) is 0.770. The molecular weight excluding hydrogens is 264 g/mol. The van der Waals surface area contributed by atoms with Gasteiger partial charge >= 0.3 is 0 Å². The minimum Gasteiger partial charge on any atom is -0.302 e. The topological polar surface area (TPSA) is 16.1 Å². The molecular formula is C14H17ClN2S. The Labute approximate surface area is 117 Å². The molecule has 0 amide bonds. The minimum absolute atomic E-state index is 0.481. The molecule has 0 atom stereocenters. The Hall–Kier alpha value is -0.900. The molecule has 0 saturated heterocycles. The molecule has 1 aromatic heterocycles. The Balaban J connectivity index is 2.21. The number of halogens is 1. The van der Waals surface area contributed by atoms with Gasteiger partial charge in [0.25, 0.3) is 0 Å². The number of benzene rings is 1. The molecule has 0 saturated carbocycles. The summed E-state index contributed by atoms with van der Waals surface area (Å²) in [5.74, 6) is 0.481. The Morgan fingerprint density at radius 3 is 2.89 bits per heavy atom. The average molecular weight is 281 g/mol. The second-order valence-corrected chi connectivity index (χ2v) is 5.43. The van der Waals surface area contributed by atoms with Gasteiger partial charge in [-0.2, -0.15) is 0 Å². The molecule has 18 heavy (non-hydrogen) atoms. The van der Waals surface area contributed by atoms with Crippen LogP contribution in [0.3, 0.4) is 0 Å². The van der Waals surface area contributed by atoms with E-state index in [0.717, 1.165) is 23.8 Å². The first-order valence-corrected chi connectivity index (χ1v) is 7.42. The molecule has 2 rings (SSSR count). The van der Waals surface area contributed by atoms with Crippen molar-refractivity contribution < 1.29 is 0 Å². The number of thiazole rings is 1. The number of nitrogens with zero attached hydrogens (tertiary/aromatic N) is 2. The summed E-state index contributed by atoms with van der Waals surface area (Å²) in [6, 6.07) is 8.57. The lowest BCUT2D eigenvalue weighted by Crippen LogP contribution is -2.16. The van der Waals surface area contributed by atoms with Crippen molar-refractivity contribution in [2.45, 2.75) is 19.3 Å². The Morgan fingerprint density at radius 2 is 2.22 bits per heavy atom. The van der Waals surface area contributed by atoms with E-state index in [9.17, 15) is 0 Å². The lowest BCUT2D eigenvalue weighted by molar-refractivity contribution is 0.346. The molecule has 0 aliphatic rings. The molecule has 2 aromatic rings. The molecule has 0 bridgehead atoms. The molecule has 0 unspecified atom stereocenters. The van der Waals surface area contributed by atoms with Crippen molar-refractivity contribution >= 4 is 22.9 Å². The Bertz CT molecular complexity index is 510. The largest absolute Gasteiger partial charge is 0.302 e. The summed E-state index contributed by atoms with van der Waals surface area (Å²) < 4.78 is 0. The summed E-state index contributed by atoms with van der Waals surface area (Å²) in [4.78, 5) is 6.80. The summed E-state index contributed by atoms with van der Waals surface area (Å²) in [5, 5.41) is 3.07. The summed E-state index contributed by atoms with van der Waals surface area (Å²) in [6.45, 7) is 4.19. The molecule has 0 radical (unpaired) electrons. The predicted molar refractivity (Wildman–Crippen MR) is 79.1 cm³/mol. The van der Waals surface area contributed by atoms with E-state index in [2.05, 4.69) is 48.1 Å². The summed E-state index contributed by atoms with van der Waals surface area (Å²) >= 11 is 7.44. The molecule has 4 heteroatoms. The van der Waals surface area contributed by atoms with Gasteiger partial charge in [0, 0.05) is 17.5 Å². The summed E-state index contributed by atoms with van der Waals surface area (Å²) in [5.41, 5.74) is 3.45. The van der Waals surface area contributed by atoms with E-state index in [-0.39, 0.29) is 0 Å². The van der Waals surface area contributed by atoms with Crippen LogP contribution in [-0.2, 0) is 12.4 Å². The molecule has 1 aromatic carbocycles. The van der Waals surface area contributed by atoms with Crippen molar-refractivity contribution in [1.29, 1.82) is 0 Å². The highest BCUT2D eigenvalue weighted by atomic mass is 35.5. The number of rotatable bonds is 5. The standard InChI is InChI=1S/C14H17ClN2S/c1-3-17(2)9-11-5-4-6-12(7-11)14-16-13(8-15)10-18-14/h4-7,10H,3,8-9H2,1-2H3. The highest BCUT2D eigenvalue weighted by Gasteiger charge is 2.05. The van der Waals surface area contributed by atoms with E-state index in [1.54, 1.807) is 11.3 Å². The van der Waals surface area contributed by atoms with Gasteiger partial charge in [-0.05, 0) is 25.2 Å². The molecule has 0 aliphatic heterocycles. The van der Waals surface area contributed by atoms with Crippen molar-refractivity contribution in [2.24, 2.45) is 0 Å². The first-order valence-electron chi connectivity index (χ1n) is 6.01. The second-order valence-electron chi connectivity index (χ2n) is 4.31. The first-order chi connectivity index (χ1) is 8.72. The van der Waals surface area contributed by atoms with E-state index in [0.29, 0.717) is 5.88 Å². The van der Waals surface area contributed by atoms with Crippen molar-refractivity contribution in [1.82, 2.24) is 9.88 Å². The second kappa shape index (κ2) is 6.32. The maximum atomic E-state index is 5.78. The van der Waals surface area contributed by atoms with Crippen LogP contribution in [0, 0.1) is 0 Å². The molecule has 0 spiro atoms. The first kappa shape index (κ1) is 13.5. The van der Waals surface area contributed by atoms with E-state index in [1.807, 2.05) is 5.38 Å². The third kappa shape index (κ3) is 3.31. The van der Waals surface area contributed by atoms with Crippen LogP contribution in [0.2, 0.25) is 0 Å². The maximum Gasteiger partial charge on any atom is 0.123 e. The fraction of sp³-hybridized carbons (Fsp3) is 0.357. The smallest absolute Gasteiger partial charge is 0.123 e. The van der Waals surface area contributed by atoms with Gasteiger partial charge in [0.05, 0.1) is 11.6 Å². The number of hydrogen-bond donors (Lipinski definition) is 0. The van der Waals surface area contributed by atoms with Gasteiger partial charge in [0.15, 0.2) is 0 Å². The van der Waals surface area contributed by atoms with Crippen LogP contribution in [0.5, 0.6) is 0 Å². The van der Waals surface area contributed by atoms with Crippen LogP contribution < -0.4 is 0 Å². The van der Waals surface area contributed by atoms with Gasteiger partial charge in [0.2, 0.25) is 0 Å². The van der Waals surface area contributed by atoms with Crippen LogP contribution >= 0.6 is 22.9 Å². The summed E-state index contributed by atoms with van der Waals surface area (Å²) in [7, 11) is 2.13. The van der Waals surface area contributed by atoms with Gasteiger partial charge in [-0.25, -0.2) is 4.98 Å². The minimum atomic E-state index is 0.481. The van der Waals surface area contributed by atoms with E-state index in [4.69, 9.17) is 11.6 Å². The molecule has 0 aliphatic carbocycles. The summed E-state index contributed by atoms with van der Waals surface area (Å²) in [6.07, 6.45) is 0. The molecule has 0 N–H and O–H groups in total. The van der Waals surface area contributed by atoms with Gasteiger partial charge in [-0.15, -0.1) is 22.9 Å². The Kier molecular flexibility index (Phi) is 4.75. The fourth-order valence-corrected chi connectivity index (χ4v) is 2.77. The monoisotopic (exact) mass is 280 g/mol. The maximum absolute atomic E-state index is 5.78. The van der Waals surface area contributed by atoms with E-state index in [1.165, 1.54) is 11.1 Å². The Morgan fingerprint density at radius 1 is 1.39 bits per heavy atom. The SMILES string of the molecule is CCN(C)Cc1cccc(-c2nc(CCl)cs2)c1. The predicted octanol–water partition coefficient (Wildman–Crippen LogP) is 4.00. The zero-order valence-electron chi connectivity index (χ0n) is 10.7. The highest BCUT2D eigenvalue weighted by Crippen LogP contribution is 2.25. The number of aromatic nitrogens is 1.